The molecule has 32 heavy (non-hydrogen) atoms. The Hall–Kier alpha value is -2.94. The number of carbonyl (C=O) groups is 1. The number of rotatable bonds is 6. The third kappa shape index (κ3) is 3.35. The highest BCUT2D eigenvalue weighted by molar-refractivity contribution is 6.10. The number of imidazole rings is 1. The van der Waals surface area contributed by atoms with Crippen LogP contribution in [0.15, 0.2) is 36.4 Å². The first-order valence-corrected chi connectivity index (χ1v) is 10.6. The zero-order valence-electron chi connectivity index (χ0n) is 17.3. The number of benzene rings is 2. The lowest BCUT2D eigenvalue weighted by atomic mass is 9.98. The summed E-state index contributed by atoms with van der Waals surface area (Å²) in [7, 11) is 0. The zero-order valence-corrected chi connectivity index (χ0v) is 17.3. The molecule has 0 radical (unpaired) electrons. The molecule has 168 valence electrons. The van der Waals surface area contributed by atoms with Crippen molar-refractivity contribution in [2.24, 2.45) is 5.73 Å². The number of hydrogen-bond acceptors (Lipinski definition) is 3. The van der Waals surface area contributed by atoms with Crippen molar-refractivity contribution in [3.8, 4) is 0 Å². The number of alkyl halides is 3. The number of aromatic nitrogens is 2. The monoisotopic (exact) mass is 446 g/mol. The first-order chi connectivity index (χ1) is 15.2. The number of nitrogens with zero attached hydrogens (tertiary/aromatic N) is 3. The van der Waals surface area contributed by atoms with Crippen molar-refractivity contribution in [2.45, 2.75) is 56.9 Å². The molecule has 1 aliphatic heterocycles. The van der Waals surface area contributed by atoms with Crippen LogP contribution >= 0.6 is 0 Å². The molecule has 3 aromatic rings. The molecular formula is C23H22F4N4O. The molecule has 9 heteroatoms. The molecule has 2 heterocycles. The summed E-state index contributed by atoms with van der Waals surface area (Å²) >= 11 is 0. The molecule has 1 fully saturated rings. The zero-order chi connectivity index (χ0) is 22.7. The molecule has 5 rings (SSSR count). The Morgan fingerprint density at radius 1 is 1.16 bits per heavy atom. The highest BCUT2D eigenvalue weighted by Crippen LogP contribution is 2.58. The fraction of sp³-hybridized carbons (Fsp3) is 0.391. The minimum Gasteiger partial charge on any atom is -0.326 e. The van der Waals surface area contributed by atoms with Gasteiger partial charge in [-0.1, -0.05) is 18.2 Å². The summed E-state index contributed by atoms with van der Waals surface area (Å²) in [6.07, 6.45) is -3.96. The highest BCUT2D eigenvalue weighted by atomic mass is 19.4. The van der Waals surface area contributed by atoms with Gasteiger partial charge in [0.1, 0.15) is 11.6 Å². The molecule has 0 saturated heterocycles. The average molecular weight is 446 g/mol. The number of nitrogens with two attached hydrogens (primary N) is 1. The molecule has 2 N–H and O–H groups in total. The summed E-state index contributed by atoms with van der Waals surface area (Å²) in [6.45, 7) is 0.385. The van der Waals surface area contributed by atoms with Gasteiger partial charge in [-0.2, -0.15) is 13.2 Å². The van der Waals surface area contributed by atoms with Crippen molar-refractivity contribution < 1.29 is 22.4 Å². The smallest absolute Gasteiger partial charge is 0.326 e. The molecule has 0 atom stereocenters. The standard InChI is InChI=1S/C23H22F4N4O/c24-16-4-1-3-15-20(16)31(21(32)22(15)8-9-22)13-19-29-17-11-14(12-28)5-6-18(17)30(19)10-2-7-23(25,26)27/h1,3-6,11H,2,7-10,12-13,28H2. The Morgan fingerprint density at radius 3 is 2.62 bits per heavy atom. The molecular weight excluding hydrogens is 424 g/mol. The first-order valence-electron chi connectivity index (χ1n) is 10.6. The molecule has 1 amide bonds. The number of hydrogen-bond donors (Lipinski definition) is 1. The Morgan fingerprint density at radius 2 is 1.94 bits per heavy atom. The van der Waals surface area contributed by atoms with Crippen molar-refractivity contribution in [1.82, 2.24) is 9.55 Å². The van der Waals surface area contributed by atoms with E-state index in [1.54, 1.807) is 28.8 Å². The second-order valence-corrected chi connectivity index (χ2v) is 8.53. The lowest BCUT2D eigenvalue weighted by molar-refractivity contribution is -0.135. The van der Waals surface area contributed by atoms with E-state index < -0.39 is 23.8 Å². The van der Waals surface area contributed by atoms with Gasteiger partial charge in [-0.05, 0) is 48.6 Å². The predicted molar refractivity (Wildman–Crippen MR) is 111 cm³/mol. The Kier molecular flexibility index (Phi) is 4.77. The van der Waals surface area contributed by atoms with Crippen molar-refractivity contribution in [3.63, 3.8) is 0 Å². The third-order valence-electron chi connectivity index (χ3n) is 6.45. The van der Waals surface area contributed by atoms with Gasteiger partial charge >= 0.3 is 6.18 Å². The number of fused-ring (bicyclic) bond motifs is 3. The van der Waals surface area contributed by atoms with E-state index in [0.29, 0.717) is 41.8 Å². The SMILES string of the molecule is NCc1ccc2c(c1)nc(CN1C(=O)C3(CC3)c3cccc(F)c31)n2CCCC(F)(F)F. The lowest BCUT2D eigenvalue weighted by Crippen LogP contribution is -2.33. The predicted octanol–water partition coefficient (Wildman–Crippen LogP) is 4.56. The van der Waals surface area contributed by atoms with Crippen LogP contribution in [-0.4, -0.2) is 21.6 Å². The van der Waals surface area contributed by atoms with Crippen LogP contribution in [0.1, 0.15) is 42.6 Å². The maximum absolute atomic E-state index is 14.8. The van der Waals surface area contributed by atoms with E-state index in [4.69, 9.17) is 5.73 Å². The van der Waals surface area contributed by atoms with Gasteiger partial charge in [0, 0.05) is 19.5 Å². The van der Waals surface area contributed by atoms with E-state index in [9.17, 15) is 22.4 Å². The minimum absolute atomic E-state index is 0.00677. The molecule has 1 aliphatic carbocycles. The second kappa shape index (κ2) is 7.30. The molecule has 0 bridgehead atoms. The number of amides is 1. The molecule has 5 nitrogen and oxygen atoms in total. The van der Waals surface area contributed by atoms with Crippen molar-refractivity contribution in [2.75, 3.05) is 4.90 Å². The van der Waals surface area contributed by atoms with E-state index in [1.165, 1.54) is 11.0 Å². The van der Waals surface area contributed by atoms with Crippen LogP contribution in [0.5, 0.6) is 0 Å². The fourth-order valence-corrected chi connectivity index (χ4v) is 4.71. The molecule has 1 spiro atoms. The second-order valence-electron chi connectivity index (χ2n) is 8.53. The maximum atomic E-state index is 14.8. The van der Waals surface area contributed by atoms with Crippen LogP contribution in [0.3, 0.4) is 0 Å². The van der Waals surface area contributed by atoms with Gasteiger partial charge in [-0.15, -0.1) is 0 Å². The van der Waals surface area contributed by atoms with Crippen molar-refractivity contribution >= 4 is 22.6 Å². The first kappa shape index (κ1) is 20.9. The summed E-state index contributed by atoms with van der Waals surface area (Å²) in [5, 5.41) is 0. The number of aryl methyl sites for hydroxylation is 1. The van der Waals surface area contributed by atoms with E-state index in [-0.39, 0.29) is 31.1 Å². The van der Waals surface area contributed by atoms with Crippen LogP contribution in [0.2, 0.25) is 0 Å². The maximum Gasteiger partial charge on any atom is 0.389 e. The number of anilines is 1. The summed E-state index contributed by atoms with van der Waals surface area (Å²) < 4.78 is 54.7. The summed E-state index contributed by atoms with van der Waals surface area (Å²) in [4.78, 5) is 19.3. The highest BCUT2D eigenvalue weighted by Gasteiger charge is 2.60. The van der Waals surface area contributed by atoms with Crippen molar-refractivity contribution in [1.29, 1.82) is 0 Å². The Balaban J connectivity index is 1.54. The van der Waals surface area contributed by atoms with Crippen LogP contribution < -0.4 is 10.6 Å². The van der Waals surface area contributed by atoms with E-state index in [1.807, 2.05) is 6.07 Å². The summed E-state index contributed by atoms with van der Waals surface area (Å²) in [5.74, 6) is -0.226. The molecule has 2 aliphatic rings. The van der Waals surface area contributed by atoms with Crippen LogP contribution in [0, 0.1) is 5.82 Å². The normalized spacial score (nSPS) is 16.9. The van der Waals surface area contributed by atoms with Crippen LogP contribution in [0.4, 0.5) is 23.2 Å². The lowest BCUT2D eigenvalue weighted by Gasteiger charge is -2.19. The van der Waals surface area contributed by atoms with Gasteiger partial charge in [0.05, 0.1) is 28.7 Å². The molecule has 0 unspecified atom stereocenters. The van der Waals surface area contributed by atoms with Crippen LogP contribution in [0.25, 0.3) is 11.0 Å². The number of para-hydroxylation sites is 1. The average Bonchev–Trinajstić information content (AvgIpc) is 3.43. The third-order valence-corrected chi connectivity index (χ3v) is 6.45. The van der Waals surface area contributed by atoms with Gasteiger partial charge in [0.15, 0.2) is 0 Å². The van der Waals surface area contributed by atoms with E-state index in [2.05, 4.69) is 4.98 Å². The quantitative estimate of drug-likeness (QED) is 0.565. The van der Waals surface area contributed by atoms with Gasteiger partial charge < -0.3 is 15.2 Å². The Bertz CT molecular complexity index is 1210. The topological polar surface area (TPSA) is 64.2 Å². The van der Waals surface area contributed by atoms with E-state index >= 15 is 0 Å². The Labute approximate surface area is 181 Å². The molecule has 2 aromatic carbocycles. The number of halogens is 4. The van der Waals surface area contributed by atoms with Gasteiger partial charge in [0.2, 0.25) is 5.91 Å². The summed E-state index contributed by atoms with van der Waals surface area (Å²) in [6, 6.07) is 10.1. The largest absolute Gasteiger partial charge is 0.389 e. The van der Waals surface area contributed by atoms with Gasteiger partial charge in [-0.25, -0.2) is 9.37 Å². The van der Waals surface area contributed by atoms with Gasteiger partial charge in [0.25, 0.3) is 0 Å². The molecule has 1 aromatic heterocycles. The van der Waals surface area contributed by atoms with Gasteiger partial charge in [-0.3, -0.25) is 4.79 Å². The minimum atomic E-state index is -4.26. The number of carbonyl (C=O) groups excluding carboxylic acids is 1. The van der Waals surface area contributed by atoms with Crippen molar-refractivity contribution in [3.05, 3.63) is 59.2 Å². The van der Waals surface area contributed by atoms with Crippen LogP contribution in [-0.2, 0) is 29.8 Å². The van der Waals surface area contributed by atoms with E-state index in [0.717, 1.165) is 5.56 Å². The summed E-state index contributed by atoms with van der Waals surface area (Å²) in [5.41, 5.74) is 8.09. The fourth-order valence-electron chi connectivity index (χ4n) is 4.71. The molecule has 1 saturated carbocycles.